The van der Waals surface area contributed by atoms with Crippen LogP contribution in [0.4, 0.5) is 4.39 Å². The summed E-state index contributed by atoms with van der Waals surface area (Å²) in [5.74, 6) is 1.17. The minimum Gasteiger partial charge on any atom is -0.331 e. The quantitative estimate of drug-likeness (QED) is 0.602. The van der Waals surface area contributed by atoms with E-state index in [1.807, 2.05) is 24.8 Å². The Hall–Kier alpha value is -2.34. The van der Waals surface area contributed by atoms with Crippen molar-refractivity contribution in [3.63, 3.8) is 0 Å². The molecule has 0 atom stereocenters. The van der Waals surface area contributed by atoms with Crippen molar-refractivity contribution in [3.05, 3.63) is 57.6 Å². The van der Waals surface area contributed by atoms with Crippen molar-refractivity contribution in [3.8, 4) is 0 Å². The molecule has 2 aliphatic carbocycles. The van der Waals surface area contributed by atoms with Gasteiger partial charge in [0.25, 0.3) is 5.91 Å². The summed E-state index contributed by atoms with van der Waals surface area (Å²) in [4.78, 5) is 26.5. The lowest BCUT2D eigenvalue weighted by molar-refractivity contribution is 0.0734. The van der Waals surface area contributed by atoms with Gasteiger partial charge < -0.3 is 4.90 Å². The van der Waals surface area contributed by atoms with Gasteiger partial charge in [-0.1, -0.05) is 12.1 Å². The van der Waals surface area contributed by atoms with Crippen molar-refractivity contribution < 1.29 is 9.18 Å². The van der Waals surface area contributed by atoms with Crippen molar-refractivity contribution >= 4 is 27.5 Å². The van der Waals surface area contributed by atoms with Gasteiger partial charge >= 0.3 is 0 Å². The summed E-state index contributed by atoms with van der Waals surface area (Å²) < 4.78 is 13.6. The van der Waals surface area contributed by atoms with Crippen LogP contribution in [0.2, 0.25) is 0 Å². The predicted molar refractivity (Wildman–Crippen MR) is 108 cm³/mol. The number of aryl methyl sites for hydroxylation is 2. The summed E-state index contributed by atoms with van der Waals surface area (Å²) in [5.41, 5.74) is 2.75. The molecule has 5 rings (SSSR count). The number of carbonyl (C=O) groups excluding carboxylic acids is 1. The zero-order valence-corrected chi connectivity index (χ0v) is 16.9. The van der Waals surface area contributed by atoms with E-state index in [1.165, 1.54) is 23.5 Å². The molecule has 6 heteroatoms. The highest BCUT2D eigenvalue weighted by Gasteiger charge is 2.35. The number of hydrogen-bond donors (Lipinski definition) is 0. The van der Waals surface area contributed by atoms with E-state index in [4.69, 9.17) is 9.97 Å². The van der Waals surface area contributed by atoms with Crippen LogP contribution < -0.4 is 0 Å². The Labute approximate surface area is 167 Å². The highest BCUT2D eigenvalue weighted by molar-refractivity contribution is 7.20. The molecule has 2 saturated carbocycles. The lowest BCUT2D eigenvalue weighted by Gasteiger charge is -2.22. The Morgan fingerprint density at radius 1 is 1.21 bits per heavy atom. The Morgan fingerprint density at radius 3 is 2.68 bits per heavy atom. The van der Waals surface area contributed by atoms with E-state index in [0.717, 1.165) is 63.4 Å². The molecular formula is C22H22FN3OS. The van der Waals surface area contributed by atoms with Crippen LogP contribution in [0.5, 0.6) is 0 Å². The maximum Gasteiger partial charge on any atom is 0.264 e. The molecule has 0 bridgehead atoms. The fourth-order valence-corrected chi connectivity index (χ4v) is 5.00. The third-order valence-corrected chi connectivity index (χ3v) is 6.79. The molecule has 0 saturated heterocycles. The van der Waals surface area contributed by atoms with E-state index in [9.17, 15) is 9.18 Å². The van der Waals surface area contributed by atoms with Crippen LogP contribution in [-0.4, -0.2) is 26.8 Å². The van der Waals surface area contributed by atoms with Crippen molar-refractivity contribution in [1.29, 1.82) is 0 Å². The SMILES string of the molecule is Cc1nc(C2CC2)nc2sc(C(=O)N(Cc3cccc(F)c3)C3CC3)c(C)c12. The molecule has 4 nitrogen and oxygen atoms in total. The highest BCUT2D eigenvalue weighted by atomic mass is 32.1. The van der Waals surface area contributed by atoms with Crippen LogP contribution in [0.25, 0.3) is 10.2 Å². The molecule has 144 valence electrons. The van der Waals surface area contributed by atoms with Gasteiger partial charge in [0.15, 0.2) is 0 Å². The number of fused-ring (bicyclic) bond motifs is 1. The third-order valence-electron chi connectivity index (χ3n) is 5.62. The summed E-state index contributed by atoms with van der Waals surface area (Å²) in [6.45, 7) is 4.44. The minimum atomic E-state index is -0.266. The largest absolute Gasteiger partial charge is 0.331 e. The molecule has 0 unspecified atom stereocenters. The molecule has 0 N–H and O–H groups in total. The van der Waals surface area contributed by atoms with Crippen LogP contribution >= 0.6 is 11.3 Å². The minimum absolute atomic E-state index is 0.0274. The number of amides is 1. The fourth-order valence-electron chi connectivity index (χ4n) is 3.80. The summed E-state index contributed by atoms with van der Waals surface area (Å²) >= 11 is 1.48. The number of aromatic nitrogens is 2. The first-order valence-corrected chi connectivity index (χ1v) is 10.7. The molecule has 2 heterocycles. The maximum atomic E-state index is 13.6. The zero-order chi connectivity index (χ0) is 19.4. The average molecular weight is 396 g/mol. The molecule has 28 heavy (non-hydrogen) atoms. The lowest BCUT2D eigenvalue weighted by Crippen LogP contribution is -2.32. The number of nitrogens with zero attached hydrogens (tertiary/aromatic N) is 3. The van der Waals surface area contributed by atoms with Gasteiger partial charge in [-0.2, -0.15) is 0 Å². The van der Waals surface area contributed by atoms with Crippen LogP contribution in [0, 0.1) is 19.7 Å². The van der Waals surface area contributed by atoms with Crippen molar-refractivity contribution in [2.45, 2.75) is 58.0 Å². The molecule has 1 amide bonds. The highest BCUT2D eigenvalue weighted by Crippen LogP contribution is 2.41. The first-order valence-electron chi connectivity index (χ1n) is 9.84. The van der Waals surface area contributed by atoms with Gasteiger partial charge in [0, 0.05) is 23.9 Å². The van der Waals surface area contributed by atoms with Gasteiger partial charge in [-0.15, -0.1) is 11.3 Å². The molecule has 0 radical (unpaired) electrons. The molecular weight excluding hydrogens is 373 g/mol. The second-order valence-electron chi connectivity index (χ2n) is 7.97. The fraction of sp³-hybridized carbons (Fsp3) is 0.409. The van der Waals surface area contributed by atoms with Crippen molar-refractivity contribution in [2.24, 2.45) is 0 Å². The van der Waals surface area contributed by atoms with Gasteiger partial charge in [0.2, 0.25) is 0 Å². The maximum absolute atomic E-state index is 13.6. The number of hydrogen-bond acceptors (Lipinski definition) is 4. The number of carbonyl (C=O) groups is 1. The van der Waals surface area contributed by atoms with Gasteiger partial charge in [0.05, 0.1) is 10.6 Å². The van der Waals surface area contributed by atoms with Gasteiger partial charge in [-0.25, -0.2) is 14.4 Å². The van der Waals surface area contributed by atoms with Crippen LogP contribution in [0.1, 0.15) is 63.9 Å². The number of rotatable bonds is 5. The summed E-state index contributed by atoms with van der Waals surface area (Å²) in [7, 11) is 0. The normalized spacial score (nSPS) is 16.5. The Morgan fingerprint density at radius 2 is 2.00 bits per heavy atom. The molecule has 2 fully saturated rings. The van der Waals surface area contributed by atoms with Crippen LogP contribution in [-0.2, 0) is 6.54 Å². The Balaban J connectivity index is 1.51. The Bertz CT molecular complexity index is 1080. The number of benzene rings is 1. The van der Waals surface area contributed by atoms with E-state index in [1.54, 1.807) is 6.07 Å². The molecule has 3 aromatic rings. The van der Waals surface area contributed by atoms with E-state index in [0.29, 0.717) is 12.5 Å². The van der Waals surface area contributed by atoms with Gasteiger partial charge in [-0.3, -0.25) is 4.79 Å². The predicted octanol–water partition coefficient (Wildman–Crippen LogP) is 5.13. The van der Waals surface area contributed by atoms with Crippen molar-refractivity contribution in [2.75, 3.05) is 0 Å². The third kappa shape index (κ3) is 3.20. The van der Waals surface area contributed by atoms with E-state index in [-0.39, 0.29) is 17.8 Å². The second kappa shape index (κ2) is 6.62. The smallest absolute Gasteiger partial charge is 0.264 e. The molecule has 1 aromatic carbocycles. The van der Waals surface area contributed by atoms with Crippen LogP contribution in [0.3, 0.4) is 0 Å². The van der Waals surface area contributed by atoms with Gasteiger partial charge in [0.1, 0.15) is 16.5 Å². The molecule has 0 aliphatic heterocycles. The molecule has 0 spiro atoms. The van der Waals surface area contributed by atoms with E-state index < -0.39 is 0 Å². The van der Waals surface area contributed by atoms with Crippen molar-refractivity contribution in [1.82, 2.24) is 14.9 Å². The average Bonchev–Trinajstić information content (AvgIpc) is 3.57. The number of thiophene rings is 1. The van der Waals surface area contributed by atoms with E-state index in [2.05, 4.69) is 0 Å². The zero-order valence-electron chi connectivity index (χ0n) is 16.0. The first kappa shape index (κ1) is 17.7. The summed E-state index contributed by atoms with van der Waals surface area (Å²) in [6.07, 6.45) is 4.33. The molecule has 2 aromatic heterocycles. The summed E-state index contributed by atoms with van der Waals surface area (Å²) in [6, 6.07) is 6.76. The Kier molecular flexibility index (Phi) is 4.19. The summed E-state index contributed by atoms with van der Waals surface area (Å²) in [5, 5.41) is 1.01. The standard InChI is InChI=1S/C22H22FN3OS/c1-12-18-13(2)24-20(15-6-7-15)25-21(18)28-19(12)22(27)26(17-8-9-17)11-14-4-3-5-16(23)10-14/h3-5,10,15,17H,6-9,11H2,1-2H3. The second-order valence-corrected chi connectivity index (χ2v) is 8.97. The van der Waals surface area contributed by atoms with Gasteiger partial charge in [-0.05, 0) is 62.8 Å². The monoisotopic (exact) mass is 395 g/mol. The topological polar surface area (TPSA) is 46.1 Å². The lowest BCUT2D eigenvalue weighted by atomic mass is 10.1. The van der Waals surface area contributed by atoms with E-state index >= 15 is 0 Å². The first-order chi connectivity index (χ1) is 13.5. The molecule has 2 aliphatic rings. The number of halogens is 1. The van der Waals surface area contributed by atoms with Crippen LogP contribution in [0.15, 0.2) is 24.3 Å².